The molecule has 10 heteroatoms. The Morgan fingerprint density at radius 3 is 2.51 bits per heavy atom. The molecule has 0 bridgehead atoms. The quantitative estimate of drug-likeness (QED) is 0.419. The first-order valence-corrected chi connectivity index (χ1v) is 12.0. The molecule has 1 aliphatic heterocycles. The minimum Gasteiger partial charge on any atom is -0.326 e. The monoisotopic (exact) mass is 508 g/mol. The van der Waals surface area contributed by atoms with Crippen molar-refractivity contribution in [2.24, 2.45) is 0 Å². The first kappa shape index (κ1) is 24.9. The number of rotatable bonds is 6. The number of hydrogen-bond donors (Lipinski definition) is 1. The number of anilines is 1. The fourth-order valence-corrected chi connectivity index (χ4v) is 4.54. The van der Waals surface area contributed by atoms with Crippen molar-refractivity contribution in [3.05, 3.63) is 83.9 Å². The molecule has 37 heavy (non-hydrogen) atoms. The fraction of sp³-hybridized carbons (Fsp3) is 0.296. The van der Waals surface area contributed by atoms with Crippen molar-refractivity contribution in [3.8, 4) is 5.69 Å². The van der Waals surface area contributed by atoms with Gasteiger partial charge in [-0.05, 0) is 48.5 Å². The molecule has 1 fully saturated rings. The Labute approximate surface area is 212 Å². The summed E-state index contributed by atoms with van der Waals surface area (Å²) in [5.74, 6) is -0.383. The molecule has 0 atom stereocenters. The Kier molecular flexibility index (Phi) is 6.94. The van der Waals surface area contributed by atoms with Crippen molar-refractivity contribution in [1.29, 1.82) is 0 Å². The molecule has 1 amide bonds. The standard InChI is InChI=1S/C27H27F3N6O/c1-34-10-12-35(13-11-34)17-20-4-5-21(15-23(20)27(28,29)30)33-26(37)14-19-2-6-22(7-3-19)36-18-32-24-16-31-9-8-25(24)36/h2-9,15-16,18H,10-14,17H2,1H3,(H,33,37). The molecule has 1 aliphatic rings. The molecule has 2 aromatic heterocycles. The fourth-order valence-electron chi connectivity index (χ4n) is 4.54. The van der Waals surface area contributed by atoms with Gasteiger partial charge >= 0.3 is 6.18 Å². The third kappa shape index (κ3) is 5.81. The number of alkyl halides is 3. The summed E-state index contributed by atoms with van der Waals surface area (Å²) in [6.07, 6.45) is 0.626. The van der Waals surface area contributed by atoms with Crippen LogP contribution in [-0.4, -0.2) is 63.5 Å². The number of fused-ring (bicyclic) bond motifs is 1. The minimum atomic E-state index is -4.51. The Bertz CT molecular complexity index is 1390. The van der Waals surface area contributed by atoms with E-state index < -0.39 is 11.7 Å². The van der Waals surface area contributed by atoms with Crippen LogP contribution in [0.5, 0.6) is 0 Å². The van der Waals surface area contributed by atoms with E-state index in [0.717, 1.165) is 54.5 Å². The maximum Gasteiger partial charge on any atom is 0.416 e. The highest BCUT2D eigenvalue weighted by molar-refractivity contribution is 5.92. The van der Waals surface area contributed by atoms with Gasteiger partial charge in [-0.1, -0.05) is 18.2 Å². The number of likely N-dealkylation sites (N-methyl/N-ethyl adjacent to an activating group) is 1. The number of pyridine rings is 1. The van der Waals surface area contributed by atoms with Gasteiger partial charge in [0.15, 0.2) is 0 Å². The van der Waals surface area contributed by atoms with Gasteiger partial charge in [-0.2, -0.15) is 13.2 Å². The van der Waals surface area contributed by atoms with Gasteiger partial charge in [-0.15, -0.1) is 0 Å². The van der Waals surface area contributed by atoms with Crippen LogP contribution in [0.25, 0.3) is 16.7 Å². The van der Waals surface area contributed by atoms with Crippen molar-refractivity contribution in [2.45, 2.75) is 19.1 Å². The third-order valence-corrected chi connectivity index (χ3v) is 6.62. The molecule has 192 valence electrons. The number of piperazine rings is 1. The molecule has 7 nitrogen and oxygen atoms in total. The lowest BCUT2D eigenvalue weighted by molar-refractivity contribution is -0.138. The van der Waals surface area contributed by atoms with Crippen molar-refractivity contribution < 1.29 is 18.0 Å². The average Bonchev–Trinajstić information content (AvgIpc) is 3.30. The number of hydrogen-bond acceptors (Lipinski definition) is 5. The second-order valence-corrected chi connectivity index (χ2v) is 9.32. The van der Waals surface area contributed by atoms with E-state index in [9.17, 15) is 18.0 Å². The van der Waals surface area contributed by atoms with E-state index in [2.05, 4.69) is 20.2 Å². The van der Waals surface area contributed by atoms with Crippen molar-refractivity contribution in [2.75, 3.05) is 38.5 Å². The summed E-state index contributed by atoms with van der Waals surface area (Å²) < 4.78 is 43.4. The Morgan fingerprint density at radius 2 is 1.78 bits per heavy atom. The maximum absolute atomic E-state index is 13.8. The molecular formula is C27H27F3N6O. The molecule has 0 unspecified atom stereocenters. The molecule has 0 aliphatic carbocycles. The Balaban J connectivity index is 1.26. The summed E-state index contributed by atoms with van der Waals surface area (Å²) in [4.78, 5) is 25.2. The number of carbonyl (C=O) groups is 1. The summed E-state index contributed by atoms with van der Waals surface area (Å²) in [6.45, 7) is 3.32. The number of nitrogens with zero attached hydrogens (tertiary/aromatic N) is 5. The lowest BCUT2D eigenvalue weighted by Gasteiger charge is -2.33. The second kappa shape index (κ2) is 10.3. The van der Waals surface area contributed by atoms with E-state index in [-0.39, 0.29) is 30.1 Å². The van der Waals surface area contributed by atoms with Crippen LogP contribution in [0.15, 0.2) is 67.3 Å². The molecule has 1 N–H and O–H groups in total. The number of benzene rings is 2. The van der Waals surface area contributed by atoms with E-state index in [0.29, 0.717) is 0 Å². The summed E-state index contributed by atoms with van der Waals surface area (Å²) in [5, 5.41) is 2.62. The first-order chi connectivity index (χ1) is 17.8. The molecule has 0 radical (unpaired) electrons. The van der Waals surface area contributed by atoms with Gasteiger partial charge in [0.05, 0.1) is 23.7 Å². The smallest absolute Gasteiger partial charge is 0.326 e. The van der Waals surface area contributed by atoms with Crippen LogP contribution in [0, 0.1) is 0 Å². The normalized spacial score (nSPS) is 15.2. The zero-order valence-corrected chi connectivity index (χ0v) is 20.4. The zero-order valence-electron chi connectivity index (χ0n) is 20.4. The van der Waals surface area contributed by atoms with Gasteiger partial charge in [0.1, 0.15) is 11.8 Å². The van der Waals surface area contributed by atoms with Gasteiger partial charge in [-0.25, -0.2) is 4.98 Å². The van der Waals surface area contributed by atoms with Gasteiger partial charge in [0, 0.05) is 50.3 Å². The van der Waals surface area contributed by atoms with Gasteiger partial charge < -0.3 is 10.2 Å². The lowest BCUT2D eigenvalue weighted by Crippen LogP contribution is -2.44. The average molecular weight is 509 g/mol. The molecule has 5 rings (SSSR count). The van der Waals surface area contributed by atoms with Crippen LogP contribution in [0.4, 0.5) is 18.9 Å². The second-order valence-electron chi connectivity index (χ2n) is 9.32. The van der Waals surface area contributed by atoms with Gasteiger partial charge in [0.25, 0.3) is 0 Å². The molecular weight excluding hydrogens is 481 g/mol. The minimum absolute atomic E-state index is 0.0409. The molecule has 2 aromatic carbocycles. The number of aromatic nitrogens is 3. The highest BCUT2D eigenvalue weighted by Crippen LogP contribution is 2.34. The summed E-state index contributed by atoms with van der Waals surface area (Å²) in [6, 6.07) is 13.3. The van der Waals surface area contributed by atoms with Crippen molar-refractivity contribution in [1.82, 2.24) is 24.3 Å². The topological polar surface area (TPSA) is 66.3 Å². The largest absolute Gasteiger partial charge is 0.416 e. The van der Waals surface area contributed by atoms with Crippen molar-refractivity contribution >= 4 is 22.6 Å². The third-order valence-electron chi connectivity index (χ3n) is 6.62. The van der Waals surface area contributed by atoms with Crippen LogP contribution in [-0.2, 0) is 23.9 Å². The lowest BCUT2D eigenvalue weighted by atomic mass is 10.0. The number of amides is 1. The molecule has 0 saturated carbocycles. The van der Waals surface area contributed by atoms with E-state index in [4.69, 9.17) is 0 Å². The maximum atomic E-state index is 13.8. The van der Waals surface area contributed by atoms with E-state index >= 15 is 0 Å². The highest BCUT2D eigenvalue weighted by atomic mass is 19.4. The predicted molar refractivity (Wildman–Crippen MR) is 135 cm³/mol. The van der Waals surface area contributed by atoms with E-state index in [1.54, 1.807) is 24.8 Å². The van der Waals surface area contributed by atoms with Crippen LogP contribution >= 0.6 is 0 Å². The number of carbonyl (C=O) groups excluding carboxylic acids is 1. The van der Waals surface area contributed by atoms with Crippen molar-refractivity contribution in [3.63, 3.8) is 0 Å². The Morgan fingerprint density at radius 1 is 1.03 bits per heavy atom. The Hall–Kier alpha value is -3.76. The molecule has 4 aromatic rings. The molecule has 3 heterocycles. The highest BCUT2D eigenvalue weighted by Gasteiger charge is 2.34. The van der Waals surface area contributed by atoms with Crippen LogP contribution < -0.4 is 5.32 Å². The number of imidazole rings is 1. The zero-order chi connectivity index (χ0) is 26.0. The molecule has 1 saturated heterocycles. The SMILES string of the molecule is CN1CCN(Cc2ccc(NC(=O)Cc3ccc(-n4cnc5cnccc54)cc3)cc2C(F)(F)F)CC1. The number of halogens is 3. The molecule has 0 spiro atoms. The van der Waals surface area contributed by atoms with Crippen LogP contribution in [0.1, 0.15) is 16.7 Å². The van der Waals surface area contributed by atoms with Crippen LogP contribution in [0.3, 0.4) is 0 Å². The summed E-state index contributed by atoms with van der Waals surface area (Å²) in [7, 11) is 2.00. The van der Waals surface area contributed by atoms with Gasteiger partial charge in [-0.3, -0.25) is 19.2 Å². The van der Waals surface area contributed by atoms with E-state index in [1.807, 2.05) is 46.8 Å². The first-order valence-electron chi connectivity index (χ1n) is 12.0. The number of nitrogens with one attached hydrogen (secondary N) is 1. The van der Waals surface area contributed by atoms with Crippen LogP contribution in [0.2, 0.25) is 0 Å². The van der Waals surface area contributed by atoms with E-state index in [1.165, 1.54) is 6.07 Å². The summed E-state index contributed by atoms with van der Waals surface area (Å²) >= 11 is 0. The predicted octanol–water partition coefficient (Wildman–Crippen LogP) is 4.37. The summed E-state index contributed by atoms with van der Waals surface area (Å²) in [5.41, 5.74) is 2.95. The van der Waals surface area contributed by atoms with Gasteiger partial charge in [0.2, 0.25) is 5.91 Å².